The summed E-state index contributed by atoms with van der Waals surface area (Å²) in [6, 6.07) is 19.6. The predicted octanol–water partition coefficient (Wildman–Crippen LogP) is 8.38. The fourth-order valence-corrected chi connectivity index (χ4v) is 5.45. The second-order valence-electron chi connectivity index (χ2n) is 16.8. The zero-order chi connectivity index (χ0) is 47.5. The van der Waals surface area contributed by atoms with Gasteiger partial charge in [0.1, 0.15) is 45.1 Å². The number of aldehydes is 4. The maximum Gasteiger partial charge on any atom is 0.344 e. The van der Waals surface area contributed by atoms with Crippen molar-refractivity contribution < 1.29 is 67.5 Å². The fourth-order valence-electron chi connectivity index (χ4n) is 5.34. The van der Waals surface area contributed by atoms with Gasteiger partial charge < -0.3 is 33.9 Å². The number of hydrogen-bond donors (Lipinski definition) is 2. The van der Waals surface area contributed by atoms with Crippen LogP contribution >= 0.6 is 15.9 Å². The zero-order valence-corrected chi connectivity index (χ0v) is 38.5. The molecule has 0 unspecified atom stereocenters. The molecule has 0 radical (unpaired) electrons. The average Bonchev–Trinajstić information content (AvgIpc) is 3.19. The fraction of sp³-hybridized carbons (Fsp3) is 0.354. The van der Waals surface area contributed by atoms with E-state index in [1.165, 1.54) is 12.1 Å². The Morgan fingerprint density at radius 2 is 0.762 bits per heavy atom. The van der Waals surface area contributed by atoms with Crippen molar-refractivity contribution in [2.24, 2.45) is 0 Å². The minimum atomic E-state index is -0.630. The summed E-state index contributed by atoms with van der Waals surface area (Å²) in [5.74, 6) is -0.857. The molecule has 0 atom stereocenters. The number of ether oxygens (including phenoxy) is 5. The van der Waals surface area contributed by atoms with Crippen LogP contribution in [-0.4, -0.2) is 88.6 Å². The molecule has 2 N–H and O–H groups in total. The predicted molar refractivity (Wildman–Crippen MR) is 239 cm³/mol. The van der Waals surface area contributed by atoms with Gasteiger partial charge in [-0.2, -0.15) is 0 Å². The van der Waals surface area contributed by atoms with E-state index in [1.54, 1.807) is 102 Å². The van der Waals surface area contributed by atoms with Crippen LogP contribution in [0, 0.1) is 0 Å². The van der Waals surface area contributed by atoms with Gasteiger partial charge in [-0.1, -0.05) is 40.2 Å². The lowest BCUT2D eigenvalue weighted by molar-refractivity contribution is -0.158. The minimum Gasteiger partial charge on any atom is -0.507 e. The molecule has 63 heavy (non-hydrogen) atoms. The average molecular weight is 936 g/mol. The summed E-state index contributed by atoms with van der Waals surface area (Å²) in [5.41, 5.74) is 2.70. The monoisotopic (exact) mass is 934 g/mol. The number of rotatable bonds is 15. The molecule has 0 saturated heterocycles. The molecule has 4 aromatic carbocycles. The molecule has 15 heteroatoms. The molecule has 0 bridgehead atoms. The summed E-state index contributed by atoms with van der Waals surface area (Å²) in [6.07, 6.45) is 3.42. The van der Waals surface area contributed by atoms with Crippen molar-refractivity contribution in [2.45, 2.75) is 92.0 Å². The third kappa shape index (κ3) is 20.4. The van der Waals surface area contributed by atoms with Crippen LogP contribution in [0.2, 0.25) is 0 Å². The first-order valence-corrected chi connectivity index (χ1v) is 20.7. The summed E-state index contributed by atoms with van der Waals surface area (Å²) in [6.45, 7) is 15.4. The molecule has 0 saturated carbocycles. The van der Waals surface area contributed by atoms with Gasteiger partial charge in [-0.05, 0) is 146 Å². The number of carbonyl (C=O) groups excluding carboxylic acids is 7. The summed E-state index contributed by atoms with van der Waals surface area (Å²) in [4.78, 5) is 78.9. The van der Waals surface area contributed by atoms with Crippen molar-refractivity contribution in [1.29, 1.82) is 0 Å². The highest BCUT2D eigenvalue weighted by Crippen LogP contribution is 2.25. The molecule has 4 rings (SSSR count). The summed E-state index contributed by atoms with van der Waals surface area (Å²) in [7, 11) is 0. The largest absolute Gasteiger partial charge is 0.507 e. The van der Waals surface area contributed by atoms with Gasteiger partial charge in [0.15, 0.2) is 38.4 Å². The van der Waals surface area contributed by atoms with Gasteiger partial charge in [0.05, 0.1) is 22.3 Å². The molecule has 338 valence electrons. The van der Waals surface area contributed by atoms with E-state index in [-0.39, 0.29) is 64.2 Å². The number of benzene rings is 4. The Labute approximate surface area is 376 Å². The highest BCUT2D eigenvalue weighted by molar-refractivity contribution is 9.09. The third-order valence-electron chi connectivity index (χ3n) is 7.72. The van der Waals surface area contributed by atoms with Gasteiger partial charge in [-0.25, -0.2) is 9.59 Å². The highest BCUT2D eigenvalue weighted by atomic mass is 79.9. The van der Waals surface area contributed by atoms with Gasteiger partial charge in [-0.15, -0.1) is 0 Å². The van der Waals surface area contributed by atoms with E-state index < -0.39 is 23.1 Å². The van der Waals surface area contributed by atoms with Crippen LogP contribution in [0.1, 0.15) is 126 Å². The van der Waals surface area contributed by atoms with E-state index in [0.717, 1.165) is 22.3 Å². The highest BCUT2D eigenvalue weighted by Gasteiger charge is 2.19. The van der Waals surface area contributed by atoms with Crippen molar-refractivity contribution in [1.82, 2.24) is 0 Å². The smallest absolute Gasteiger partial charge is 0.344 e. The number of aromatic hydroxyl groups is 2. The van der Waals surface area contributed by atoms with Crippen LogP contribution < -0.4 is 9.47 Å². The van der Waals surface area contributed by atoms with Gasteiger partial charge >= 0.3 is 17.9 Å². The van der Waals surface area contributed by atoms with E-state index in [1.807, 2.05) is 20.8 Å². The van der Waals surface area contributed by atoms with Crippen molar-refractivity contribution >= 4 is 59.0 Å². The van der Waals surface area contributed by atoms with Crippen LogP contribution in [0.15, 0.2) is 72.8 Å². The second-order valence-corrected chi connectivity index (χ2v) is 17.4. The van der Waals surface area contributed by atoms with E-state index >= 15 is 0 Å². The van der Waals surface area contributed by atoms with Gasteiger partial charge in [0.2, 0.25) is 0 Å². The number of hydrogen-bond acceptors (Lipinski definition) is 14. The Hall–Kier alpha value is -6.35. The van der Waals surface area contributed by atoms with Gasteiger partial charge in [-0.3, -0.25) is 24.0 Å². The SMILES string of the molecule is CC(C)(C)OC(=O)CBr.CC(C)(C)OC(=O)COc1ccc(Cc2ccc(OCC(=O)OC(C)(C)C)c(C=O)c2)cc1C=O.O=Cc1cc(Cc2ccc(O)c(C=O)c2)ccc1O. The quantitative estimate of drug-likeness (QED) is 0.0497. The number of alkyl halides is 1. The van der Waals surface area contributed by atoms with E-state index in [4.69, 9.17) is 23.7 Å². The Morgan fingerprint density at radius 1 is 0.476 bits per heavy atom. The maximum absolute atomic E-state index is 11.9. The lowest BCUT2D eigenvalue weighted by Gasteiger charge is -2.19. The van der Waals surface area contributed by atoms with Crippen molar-refractivity contribution in [3.8, 4) is 23.0 Å². The molecule has 0 aliphatic carbocycles. The topological polar surface area (TPSA) is 206 Å². The Bertz CT molecular complexity index is 2080. The number of halogens is 1. The van der Waals surface area contributed by atoms with E-state index in [0.29, 0.717) is 49.1 Å². The molecule has 0 aliphatic heterocycles. The van der Waals surface area contributed by atoms with E-state index in [2.05, 4.69) is 15.9 Å². The van der Waals surface area contributed by atoms with Crippen LogP contribution in [0.4, 0.5) is 0 Å². The van der Waals surface area contributed by atoms with Crippen molar-refractivity contribution in [2.75, 3.05) is 18.5 Å². The zero-order valence-electron chi connectivity index (χ0n) is 36.9. The lowest BCUT2D eigenvalue weighted by Crippen LogP contribution is -2.27. The molecule has 0 fully saturated rings. The normalized spacial score (nSPS) is 11.0. The first-order chi connectivity index (χ1) is 29.4. The number of phenols is 2. The number of esters is 3. The summed E-state index contributed by atoms with van der Waals surface area (Å²) >= 11 is 2.99. The first kappa shape index (κ1) is 52.8. The van der Waals surface area contributed by atoms with Crippen LogP contribution in [-0.2, 0) is 41.4 Å². The Kier molecular flexibility index (Phi) is 20.4. The van der Waals surface area contributed by atoms with Gasteiger partial charge in [0, 0.05) is 0 Å². The minimum absolute atomic E-state index is 0.0574. The Balaban J connectivity index is 0.000000403. The molecular formula is C48H55BrO14. The van der Waals surface area contributed by atoms with Crippen molar-refractivity contribution in [3.63, 3.8) is 0 Å². The molecular weight excluding hydrogens is 880 g/mol. The van der Waals surface area contributed by atoms with Crippen LogP contribution in [0.25, 0.3) is 0 Å². The summed E-state index contributed by atoms with van der Waals surface area (Å²) < 4.78 is 26.2. The summed E-state index contributed by atoms with van der Waals surface area (Å²) in [5, 5.41) is 19.1. The molecule has 0 spiro atoms. The molecule has 4 aromatic rings. The Morgan fingerprint density at radius 3 is 1.03 bits per heavy atom. The molecule has 0 aromatic heterocycles. The maximum atomic E-state index is 11.9. The number of carbonyl (C=O) groups is 7. The first-order valence-electron chi connectivity index (χ1n) is 19.6. The van der Waals surface area contributed by atoms with Crippen LogP contribution in [0.5, 0.6) is 23.0 Å². The molecule has 0 heterocycles. The van der Waals surface area contributed by atoms with Crippen LogP contribution in [0.3, 0.4) is 0 Å². The van der Waals surface area contributed by atoms with E-state index in [9.17, 15) is 43.8 Å². The third-order valence-corrected chi connectivity index (χ3v) is 8.17. The number of phenolic OH excluding ortho intramolecular Hbond substituents is 2. The molecule has 14 nitrogen and oxygen atoms in total. The molecule has 0 aliphatic rings. The second kappa shape index (κ2) is 24.3. The standard InChI is InChI=1S/C27H32O8.C15H12O4.C6H11BrO2/c1-26(2,3)34-24(30)16-32-22-9-7-18(12-20(22)14-28)11-19-8-10-23(21(13-19)15-29)33-17-25(31)35-27(4,5)6;16-8-12-6-10(1-3-14(12)18)5-11-2-4-15(19)13(7-11)9-17;1-6(2,3)9-5(8)4-7/h7-10,12-15H,11,16-17H2,1-6H3;1-4,6-9,18-19H,5H2;4H2,1-3H3. The lowest BCUT2D eigenvalue weighted by atomic mass is 10.0. The van der Waals surface area contributed by atoms with Gasteiger partial charge in [0.25, 0.3) is 0 Å². The van der Waals surface area contributed by atoms with Crippen molar-refractivity contribution in [3.05, 3.63) is 117 Å². The molecule has 0 amide bonds.